The molecule has 23 heavy (non-hydrogen) atoms. The van der Waals surface area contributed by atoms with Gasteiger partial charge in [-0.2, -0.15) is 4.98 Å². The van der Waals surface area contributed by atoms with Crippen LogP contribution in [0.2, 0.25) is 0 Å². The normalized spacial score (nSPS) is 17.3. The first-order valence-electron chi connectivity index (χ1n) is 7.63. The van der Waals surface area contributed by atoms with Crippen molar-refractivity contribution in [2.45, 2.75) is 25.5 Å². The number of carbonyl (C=O) groups excluding carboxylic acids is 1. The van der Waals surface area contributed by atoms with Crippen LogP contribution in [0, 0.1) is 0 Å². The standard InChI is InChI=1S/C16H19N3O4/c20-15(10-21-9-14-2-1-7-22-14)17-8-12-3-5-13(6-4-12)16-18-11-23-19-16/h3-6,11,14H,1-2,7-10H2,(H,17,20)/t14-/m0/s1. The molecule has 0 radical (unpaired) electrons. The van der Waals surface area contributed by atoms with Gasteiger partial charge in [0.25, 0.3) is 0 Å². The van der Waals surface area contributed by atoms with Gasteiger partial charge in [0, 0.05) is 18.7 Å². The lowest BCUT2D eigenvalue weighted by atomic mass is 10.1. The molecule has 0 saturated carbocycles. The van der Waals surface area contributed by atoms with Gasteiger partial charge in [0.15, 0.2) is 0 Å². The third kappa shape index (κ3) is 4.61. The van der Waals surface area contributed by atoms with Crippen LogP contribution in [0.4, 0.5) is 0 Å². The van der Waals surface area contributed by atoms with Crippen molar-refractivity contribution in [2.24, 2.45) is 0 Å². The molecule has 1 fully saturated rings. The number of carbonyl (C=O) groups is 1. The fourth-order valence-corrected chi connectivity index (χ4v) is 2.38. The lowest BCUT2D eigenvalue weighted by Crippen LogP contribution is -2.28. The molecule has 7 nitrogen and oxygen atoms in total. The maximum atomic E-state index is 11.7. The van der Waals surface area contributed by atoms with Crippen LogP contribution in [0.3, 0.4) is 0 Å². The van der Waals surface area contributed by atoms with Gasteiger partial charge in [-0.05, 0) is 18.4 Å². The number of nitrogens with zero attached hydrogens (tertiary/aromatic N) is 2. The molecule has 122 valence electrons. The Hall–Kier alpha value is -2.25. The smallest absolute Gasteiger partial charge is 0.246 e. The molecule has 0 unspecified atom stereocenters. The van der Waals surface area contributed by atoms with Gasteiger partial charge in [0.2, 0.25) is 18.1 Å². The summed E-state index contributed by atoms with van der Waals surface area (Å²) in [6.45, 7) is 1.78. The average Bonchev–Trinajstić information content (AvgIpc) is 3.27. The highest BCUT2D eigenvalue weighted by Crippen LogP contribution is 2.15. The van der Waals surface area contributed by atoms with Crippen molar-refractivity contribution in [3.8, 4) is 11.4 Å². The van der Waals surface area contributed by atoms with Crippen LogP contribution in [0.5, 0.6) is 0 Å². The topological polar surface area (TPSA) is 86.5 Å². The fourth-order valence-electron chi connectivity index (χ4n) is 2.38. The van der Waals surface area contributed by atoms with E-state index >= 15 is 0 Å². The molecule has 2 heterocycles. The van der Waals surface area contributed by atoms with Crippen molar-refractivity contribution < 1.29 is 18.8 Å². The Kier molecular flexibility index (Phi) is 5.33. The first-order chi connectivity index (χ1) is 11.3. The van der Waals surface area contributed by atoms with E-state index < -0.39 is 0 Å². The Balaban J connectivity index is 1.38. The van der Waals surface area contributed by atoms with E-state index in [1.165, 1.54) is 6.39 Å². The van der Waals surface area contributed by atoms with Crippen molar-refractivity contribution in [3.05, 3.63) is 36.2 Å². The van der Waals surface area contributed by atoms with Gasteiger partial charge in [0.05, 0.1) is 12.7 Å². The molecule has 1 aromatic heterocycles. The lowest BCUT2D eigenvalue weighted by molar-refractivity contribution is -0.127. The zero-order chi connectivity index (χ0) is 15.9. The largest absolute Gasteiger partial charge is 0.376 e. The number of hydrogen-bond donors (Lipinski definition) is 1. The fraction of sp³-hybridized carbons (Fsp3) is 0.438. The van der Waals surface area contributed by atoms with Gasteiger partial charge in [-0.1, -0.05) is 29.4 Å². The second-order valence-corrected chi connectivity index (χ2v) is 5.38. The number of benzene rings is 1. The van der Waals surface area contributed by atoms with E-state index in [9.17, 15) is 4.79 Å². The van der Waals surface area contributed by atoms with Crippen molar-refractivity contribution in [3.63, 3.8) is 0 Å². The van der Waals surface area contributed by atoms with E-state index in [2.05, 4.69) is 15.5 Å². The summed E-state index contributed by atoms with van der Waals surface area (Å²) < 4.78 is 15.5. The van der Waals surface area contributed by atoms with E-state index in [0.29, 0.717) is 19.0 Å². The van der Waals surface area contributed by atoms with Gasteiger partial charge in [-0.25, -0.2) is 0 Å². The summed E-state index contributed by atoms with van der Waals surface area (Å²) in [4.78, 5) is 15.7. The number of ether oxygens (including phenoxy) is 2. The SMILES string of the molecule is O=C(COC[C@@H]1CCCO1)NCc1ccc(-c2ncon2)cc1. The molecule has 0 bridgehead atoms. The molecule has 0 aliphatic carbocycles. The highest BCUT2D eigenvalue weighted by atomic mass is 16.5. The zero-order valence-corrected chi connectivity index (χ0v) is 12.7. The van der Waals surface area contributed by atoms with Crippen LogP contribution in [0.15, 0.2) is 35.2 Å². The molecule has 3 rings (SSSR count). The van der Waals surface area contributed by atoms with Gasteiger partial charge in [-0.3, -0.25) is 4.79 Å². The van der Waals surface area contributed by atoms with Crippen molar-refractivity contribution in [1.29, 1.82) is 0 Å². The summed E-state index contributed by atoms with van der Waals surface area (Å²) in [6, 6.07) is 7.61. The number of hydrogen-bond acceptors (Lipinski definition) is 6. The van der Waals surface area contributed by atoms with E-state index in [1.54, 1.807) is 0 Å². The highest BCUT2D eigenvalue weighted by Gasteiger charge is 2.15. The highest BCUT2D eigenvalue weighted by molar-refractivity contribution is 5.77. The summed E-state index contributed by atoms with van der Waals surface area (Å²) in [6.07, 6.45) is 3.51. The molecular formula is C16H19N3O4. The summed E-state index contributed by atoms with van der Waals surface area (Å²) in [5.41, 5.74) is 1.86. The molecule has 1 aliphatic rings. The molecule has 7 heteroatoms. The first-order valence-corrected chi connectivity index (χ1v) is 7.63. The van der Waals surface area contributed by atoms with E-state index in [1.807, 2.05) is 24.3 Å². The quantitative estimate of drug-likeness (QED) is 0.834. The maximum absolute atomic E-state index is 11.7. The Morgan fingerprint density at radius 1 is 1.35 bits per heavy atom. The summed E-state index contributed by atoms with van der Waals surface area (Å²) >= 11 is 0. The minimum absolute atomic E-state index is 0.0564. The third-order valence-corrected chi connectivity index (χ3v) is 3.62. The maximum Gasteiger partial charge on any atom is 0.246 e. The van der Waals surface area contributed by atoms with Crippen molar-refractivity contribution >= 4 is 5.91 Å². The van der Waals surface area contributed by atoms with Gasteiger partial charge >= 0.3 is 0 Å². The van der Waals surface area contributed by atoms with Crippen LogP contribution < -0.4 is 5.32 Å². The van der Waals surface area contributed by atoms with Gasteiger partial charge in [-0.15, -0.1) is 0 Å². The number of nitrogens with one attached hydrogen (secondary N) is 1. The predicted molar refractivity (Wildman–Crippen MR) is 81.4 cm³/mol. The Morgan fingerprint density at radius 3 is 2.91 bits per heavy atom. The number of rotatable bonds is 7. The van der Waals surface area contributed by atoms with Crippen LogP contribution >= 0.6 is 0 Å². The number of amides is 1. The molecule has 1 aromatic carbocycles. The molecular weight excluding hydrogens is 298 g/mol. The van der Waals surface area contributed by atoms with Gasteiger partial charge in [0.1, 0.15) is 6.61 Å². The summed E-state index contributed by atoms with van der Waals surface area (Å²) in [7, 11) is 0. The second-order valence-electron chi connectivity index (χ2n) is 5.38. The molecule has 1 aliphatic heterocycles. The molecule has 1 N–H and O–H groups in total. The first kappa shape index (κ1) is 15.6. The Labute approximate surface area is 134 Å². The van der Waals surface area contributed by atoms with Crippen molar-refractivity contribution in [1.82, 2.24) is 15.5 Å². The van der Waals surface area contributed by atoms with Crippen LogP contribution in [-0.4, -0.2) is 42.0 Å². The monoisotopic (exact) mass is 317 g/mol. The Morgan fingerprint density at radius 2 is 2.22 bits per heavy atom. The van der Waals surface area contributed by atoms with E-state index in [4.69, 9.17) is 14.0 Å². The van der Waals surface area contributed by atoms with Crippen molar-refractivity contribution in [2.75, 3.05) is 19.8 Å². The Bertz CT molecular complexity index is 607. The predicted octanol–water partition coefficient (Wildman–Crippen LogP) is 1.55. The zero-order valence-electron chi connectivity index (χ0n) is 12.7. The number of aromatic nitrogens is 2. The minimum Gasteiger partial charge on any atom is -0.376 e. The molecule has 2 aromatic rings. The third-order valence-electron chi connectivity index (χ3n) is 3.62. The van der Waals surface area contributed by atoms with E-state index in [0.717, 1.165) is 30.6 Å². The second kappa shape index (κ2) is 7.85. The summed E-state index contributed by atoms with van der Waals surface area (Å²) in [5.74, 6) is 0.411. The van der Waals surface area contributed by atoms with E-state index in [-0.39, 0.29) is 18.6 Å². The van der Waals surface area contributed by atoms with Crippen LogP contribution in [-0.2, 0) is 20.8 Å². The molecule has 1 amide bonds. The lowest BCUT2D eigenvalue weighted by Gasteiger charge is -2.10. The average molecular weight is 317 g/mol. The molecule has 1 saturated heterocycles. The molecule has 1 atom stereocenters. The van der Waals surface area contributed by atoms with Gasteiger partial charge < -0.3 is 19.3 Å². The summed E-state index contributed by atoms with van der Waals surface area (Å²) in [5, 5.41) is 6.60. The minimum atomic E-state index is -0.134. The molecule has 0 spiro atoms. The van der Waals surface area contributed by atoms with Crippen LogP contribution in [0.1, 0.15) is 18.4 Å². The van der Waals surface area contributed by atoms with Crippen LogP contribution in [0.25, 0.3) is 11.4 Å².